The Morgan fingerprint density at radius 1 is 1.31 bits per heavy atom. The average Bonchev–Trinajstić information content (AvgIpc) is 2.80. The van der Waals surface area contributed by atoms with Gasteiger partial charge in [0, 0.05) is 7.05 Å². The molecule has 0 spiro atoms. The van der Waals surface area contributed by atoms with Gasteiger partial charge in [-0.05, 0) is 60.0 Å². The minimum absolute atomic E-state index is 0.108. The van der Waals surface area contributed by atoms with Crippen molar-refractivity contribution in [2.24, 2.45) is 0 Å². The summed E-state index contributed by atoms with van der Waals surface area (Å²) in [7, 11) is 4.54. The van der Waals surface area contributed by atoms with Crippen molar-refractivity contribution in [1.82, 2.24) is 9.80 Å². The molecule has 140 valence electrons. The van der Waals surface area contributed by atoms with Gasteiger partial charge in [-0.25, -0.2) is 0 Å². The predicted octanol–water partition coefficient (Wildman–Crippen LogP) is 2.70. The largest absolute Gasteiger partial charge is 0.496 e. The van der Waals surface area contributed by atoms with Crippen LogP contribution in [0.5, 0.6) is 5.75 Å². The first-order chi connectivity index (χ1) is 12.2. The lowest BCUT2D eigenvalue weighted by Gasteiger charge is -2.18. The van der Waals surface area contributed by atoms with E-state index in [9.17, 15) is 9.59 Å². The lowest BCUT2D eigenvalue weighted by Crippen LogP contribution is -2.33. The molecule has 2 rings (SSSR count). The van der Waals surface area contributed by atoms with E-state index < -0.39 is 5.97 Å². The monoisotopic (exact) mass is 376 g/mol. The van der Waals surface area contributed by atoms with Crippen LogP contribution in [0.25, 0.3) is 6.08 Å². The fraction of sp³-hybridized carbons (Fsp3) is 0.421. The molecule has 0 N–H and O–H groups in total. The highest BCUT2D eigenvalue weighted by Gasteiger charge is 2.36. The molecule has 1 aliphatic rings. The van der Waals surface area contributed by atoms with Gasteiger partial charge in [-0.2, -0.15) is 0 Å². The van der Waals surface area contributed by atoms with Crippen LogP contribution in [0.2, 0.25) is 0 Å². The number of hydrogen-bond donors (Lipinski definition) is 0. The molecule has 6 nitrogen and oxygen atoms in total. The van der Waals surface area contributed by atoms with Gasteiger partial charge in [0.15, 0.2) is 5.11 Å². The molecule has 1 heterocycles. The summed E-state index contributed by atoms with van der Waals surface area (Å²) < 4.78 is 10.2. The summed E-state index contributed by atoms with van der Waals surface area (Å²) in [5.74, 6) is 0.365. The summed E-state index contributed by atoms with van der Waals surface area (Å²) in [6, 6.07) is 3.96. The quantitative estimate of drug-likeness (QED) is 0.447. The fourth-order valence-electron chi connectivity index (χ4n) is 2.79. The van der Waals surface area contributed by atoms with E-state index in [0.29, 0.717) is 5.70 Å². The maximum Gasteiger partial charge on any atom is 0.325 e. The number of nitrogens with zero attached hydrogens (tertiary/aromatic N) is 2. The Hall–Kier alpha value is -2.41. The molecule has 0 bridgehead atoms. The van der Waals surface area contributed by atoms with Crippen molar-refractivity contribution < 1.29 is 19.1 Å². The zero-order chi connectivity index (χ0) is 19.6. The van der Waals surface area contributed by atoms with Gasteiger partial charge in [0.1, 0.15) is 18.0 Å². The van der Waals surface area contributed by atoms with E-state index in [4.69, 9.17) is 21.7 Å². The summed E-state index contributed by atoms with van der Waals surface area (Å²) in [6.07, 6.45) is 1.77. The third-order valence-electron chi connectivity index (χ3n) is 4.38. The Kier molecular flexibility index (Phi) is 6.02. The van der Waals surface area contributed by atoms with Crippen LogP contribution < -0.4 is 4.74 Å². The van der Waals surface area contributed by atoms with Crippen molar-refractivity contribution in [3.05, 3.63) is 34.5 Å². The average molecular weight is 376 g/mol. The second-order valence-corrected chi connectivity index (χ2v) is 6.81. The first-order valence-electron chi connectivity index (χ1n) is 8.27. The molecule has 0 atom stereocenters. The van der Waals surface area contributed by atoms with Crippen LogP contribution in [0.3, 0.4) is 0 Å². The van der Waals surface area contributed by atoms with Crippen LogP contribution in [0.1, 0.15) is 36.5 Å². The Bertz CT molecular complexity index is 786. The molecule has 1 fully saturated rings. The first kappa shape index (κ1) is 19.9. The van der Waals surface area contributed by atoms with Gasteiger partial charge < -0.3 is 14.4 Å². The number of ether oxygens (including phenoxy) is 2. The Morgan fingerprint density at radius 2 is 1.96 bits per heavy atom. The van der Waals surface area contributed by atoms with Crippen LogP contribution >= 0.6 is 12.2 Å². The molecule has 1 aromatic rings. The van der Waals surface area contributed by atoms with Crippen LogP contribution in [0, 0.1) is 6.92 Å². The molecule has 1 saturated heterocycles. The number of carbonyl (C=O) groups excluding carboxylic acids is 2. The minimum Gasteiger partial charge on any atom is -0.496 e. The molecular weight excluding hydrogens is 352 g/mol. The van der Waals surface area contributed by atoms with Crippen molar-refractivity contribution in [1.29, 1.82) is 0 Å². The van der Waals surface area contributed by atoms with Crippen molar-refractivity contribution >= 4 is 35.3 Å². The number of hydrogen-bond acceptors (Lipinski definition) is 5. The molecule has 0 unspecified atom stereocenters. The van der Waals surface area contributed by atoms with E-state index in [1.165, 1.54) is 16.9 Å². The summed E-state index contributed by atoms with van der Waals surface area (Å²) in [5, 5.41) is 0.280. The molecular formula is C19H24N2O4S. The fourth-order valence-corrected chi connectivity index (χ4v) is 3.04. The Morgan fingerprint density at radius 3 is 2.50 bits per heavy atom. The number of thiocarbonyl (C=S) groups is 1. The summed E-state index contributed by atoms with van der Waals surface area (Å²) in [5.41, 5.74) is 3.24. The predicted molar refractivity (Wildman–Crippen MR) is 104 cm³/mol. The normalized spacial score (nSPS) is 16.0. The summed E-state index contributed by atoms with van der Waals surface area (Å²) in [6.45, 7) is 6.00. The van der Waals surface area contributed by atoms with Gasteiger partial charge in [-0.3, -0.25) is 14.5 Å². The van der Waals surface area contributed by atoms with Crippen molar-refractivity contribution in [2.75, 3.05) is 27.8 Å². The van der Waals surface area contributed by atoms with Crippen LogP contribution in [0.15, 0.2) is 17.8 Å². The highest BCUT2D eigenvalue weighted by atomic mass is 32.1. The highest BCUT2D eigenvalue weighted by molar-refractivity contribution is 7.80. The number of benzene rings is 1. The minimum atomic E-state index is -0.462. The van der Waals surface area contributed by atoms with Gasteiger partial charge in [0.25, 0.3) is 5.91 Å². The lowest BCUT2D eigenvalue weighted by molar-refractivity contribution is -0.140. The van der Waals surface area contributed by atoms with Crippen LogP contribution in [-0.4, -0.2) is 54.6 Å². The van der Waals surface area contributed by atoms with E-state index in [1.54, 1.807) is 20.2 Å². The molecule has 0 aromatic heterocycles. The molecule has 7 heteroatoms. The maximum absolute atomic E-state index is 12.6. The standard InChI is InChI=1S/C19H24N2O4S/c1-11(2)14-8-13(12(3)7-16(14)24-5)9-15-18(23)20(4)19(26)21(15)10-17(22)25-6/h7-9,11H,10H2,1-6H3/b15-9-. The van der Waals surface area contributed by atoms with E-state index in [-0.39, 0.29) is 23.5 Å². The van der Waals surface area contributed by atoms with Crippen molar-refractivity contribution in [3.8, 4) is 5.75 Å². The molecule has 26 heavy (non-hydrogen) atoms. The SMILES string of the molecule is COC(=O)CN1C(=S)N(C)C(=O)/C1=C/c1cc(C(C)C)c(OC)cc1C. The number of carbonyl (C=O) groups is 2. The molecule has 1 aliphatic heterocycles. The van der Waals surface area contributed by atoms with Crippen molar-refractivity contribution in [2.45, 2.75) is 26.7 Å². The summed E-state index contributed by atoms with van der Waals surface area (Å²) >= 11 is 5.30. The molecule has 0 aliphatic carbocycles. The second-order valence-electron chi connectivity index (χ2n) is 6.44. The number of rotatable bonds is 5. The van der Waals surface area contributed by atoms with Gasteiger partial charge in [0.05, 0.1) is 14.2 Å². The number of methoxy groups -OCH3 is 2. The molecule has 1 aromatic carbocycles. The summed E-state index contributed by atoms with van der Waals surface area (Å²) in [4.78, 5) is 27.2. The van der Waals surface area contributed by atoms with Crippen molar-refractivity contribution in [3.63, 3.8) is 0 Å². The maximum atomic E-state index is 12.6. The van der Waals surface area contributed by atoms with Gasteiger partial charge in [0.2, 0.25) is 0 Å². The van der Waals surface area contributed by atoms with Gasteiger partial charge >= 0.3 is 5.97 Å². The highest BCUT2D eigenvalue weighted by Crippen LogP contribution is 2.32. The van der Waals surface area contributed by atoms with E-state index >= 15 is 0 Å². The number of aryl methyl sites for hydroxylation is 1. The molecule has 1 amide bonds. The number of likely N-dealkylation sites (N-methyl/N-ethyl adjacent to an activating group) is 1. The smallest absolute Gasteiger partial charge is 0.325 e. The van der Waals surface area contributed by atoms with E-state index in [1.807, 2.05) is 19.1 Å². The first-order valence-corrected chi connectivity index (χ1v) is 8.68. The molecule has 0 saturated carbocycles. The third-order valence-corrected chi connectivity index (χ3v) is 4.87. The number of amides is 1. The van der Waals surface area contributed by atoms with E-state index in [0.717, 1.165) is 22.4 Å². The zero-order valence-corrected chi connectivity index (χ0v) is 16.8. The second kappa shape index (κ2) is 7.86. The molecule has 0 radical (unpaired) electrons. The number of esters is 1. The van der Waals surface area contributed by atoms with Gasteiger partial charge in [-0.15, -0.1) is 0 Å². The van der Waals surface area contributed by atoms with Gasteiger partial charge in [-0.1, -0.05) is 13.8 Å². The Balaban J connectivity index is 2.54. The zero-order valence-electron chi connectivity index (χ0n) is 16.0. The third kappa shape index (κ3) is 3.72. The van der Waals surface area contributed by atoms with Crippen LogP contribution in [-0.2, 0) is 14.3 Å². The van der Waals surface area contributed by atoms with Crippen LogP contribution in [0.4, 0.5) is 0 Å². The lowest BCUT2D eigenvalue weighted by atomic mass is 9.96. The van der Waals surface area contributed by atoms with E-state index in [2.05, 4.69) is 13.8 Å². The Labute approximate surface area is 159 Å². The topological polar surface area (TPSA) is 59.1 Å².